The van der Waals surface area contributed by atoms with E-state index in [0.29, 0.717) is 32.5 Å². The van der Waals surface area contributed by atoms with Crippen LogP contribution in [0.2, 0.25) is 0 Å². The average molecular weight is 384 g/mol. The standard InChI is InChI=1S/C18H28N2O5S/c1-14-3-5-15(6-4-14)17(25-12-11-21)13-19-18(22)16-7-9-20(10-8-16)26(2,23)24/h3-6,16-17,21H,7-13H2,1-2H3,(H,19,22)/t17-/m0/s1. The number of aliphatic hydroxyl groups is 1. The SMILES string of the molecule is Cc1ccc([C@H](CNC(=O)C2CCN(S(C)(=O)=O)CC2)OCCO)cc1. The van der Waals surface area contributed by atoms with Gasteiger partial charge in [-0.3, -0.25) is 4.79 Å². The topological polar surface area (TPSA) is 95.9 Å². The number of ether oxygens (including phenoxy) is 1. The molecule has 1 atom stereocenters. The van der Waals surface area contributed by atoms with E-state index in [4.69, 9.17) is 9.84 Å². The number of benzene rings is 1. The Morgan fingerprint density at radius 3 is 2.46 bits per heavy atom. The van der Waals surface area contributed by atoms with E-state index in [1.165, 1.54) is 10.6 Å². The largest absolute Gasteiger partial charge is 0.394 e. The lowest BCUT2D eigenvalue weighted by Crippen LogP contribution is -2.43. The highest BCUT2D eigenvalue weighted by atomic mass is 32.2. The molecule has 1 aromatic rings. The van der Waals surface area contributed by atoms with E-state index >= 15 is 0 Å². The zero-order chi connectivity index (χ0) is 19.2. The fourth-order valence-electron chi connectivity index (χ4n) is 3.04. The average Bonchev–Trinajstić information content (AvgIpc) is 2.62. The van der Waals surface area contributed by atoms with Crippen LogP contribution < -0.4 is 5.32 Å². The molecule has 0 unspecified atom stereocenters. The van der Waals surface area contributed by atoms with Gasteiger partial charge < -0.3 is 15.2 Å². The lowest BCUT2D eigenvalue weighted by molar-refractivity contribution is -0.126. The predicted molar refractivity (Wildman–Crippen MR) is 99.1 cm³/mol. The Kier molecular flexibility index (Phi) is 7.57. The van der Waals surface area contributed by atoms with Crippen molar-refractivity contribution in [1.29, 1.82) is 0 Å². The highest BCUT2D eigenvalue weighted by Gasteiger charge is 2.29. The normalized spacial score (nSPS) is 17.8. The molecule has 0 radical (unpaired) electrons. The van der Waals surface area contributed by atoms with E-state index in [-0.39, 0.29) is 31.1 Å². The highest BCUT2D eigenvalue weighted by Crippen LogP contribution is 2.21. The summed E-state index contributed by atoms with van der Waals surface area (Å²) in [5.74, 6) is -0.271. The van der Waals surface area contributed by atoms with Crippen molar-refractivity contribution in [2.45, 2.75) is 25.9 Å². The second-order valence-corrected chi connectivity index (χ2v) is 8.66. The molecular formula is C18H28N2O5S. The molecule has 0 aliphatic carbocycles. The van der Waals surface area contributed by atoms with Crippen LogP contribution in [0.1, 0.15) is 30.1 Å². The zero-order valence-corrected chi connectivity index (χ0v) is 16.2. The fraction of sp³-hybridized carbons (Fsp3) is 0.611. The number of hydrogen-bond acceptors (Lipinski definition) is 5. The van der Waals surface area contributed by atoms with Crippen molar-refractivity contribution in [1.82, 2.24) is 9.62 Å². The summed E-state index contributed by atoms with van der Waals surface area (Å²) in [6.45, 7) is 3.17. The molecule has 0 bridgehead atoms. The molecule has 0 saturated carbocycles. The zero-order valence-electron chi connectivity index (χ0n) is 15.3. The Hall–Kier alpha value is -1.48. The van der Waals surface area contributed by atoms with E-state index in [1.54, 1.807) is 0 Å². The maximum Gasteiger partial charge on any atom is 0.223 e. The first-order valence-electron chi connectivity index (χ1n) is 8.83. The van der Waals surface area contributed by atoms with Crippen molar-refractivity contribution < 1.29 is 23.1 Å². The van der Waals surface area contributed by atoms with Crippen molar-refractivity contribution in [3.63, 3.8) is 0 Å². The number of nitrogens with one attached hydrogen (secondary N) is 1. The maximum atomic E-state index is 12.4. The predicted octanol–water partition coefficient (Wildman–Crippen LogP) is 0.833. The Morgan fingerprint density at radius 2 is 1.92 bits per heavy atom. The molecule has 1 aliphatic rings. The van der Waals surface area contributed by atoms with Gasteiger partial charge in [0.2, 0.25) is 15.9 Å². The van der Waals surface area contributed by atoms with E-state index in [0.717, 1.165) is 11.1 Å². The minimum absolute atomic E-state index is 0.0807. The molecule has 7 nitrogen and oxygen atoms in total. The minimum Gasteiger partial charge on any atom is -0.394 e. The van der Waals surface area contributed by atoms with E-state index in [1.807, 2.05) is 31.2 Å². The number of amides is 1. The molecular weight excluding hydrogens is 356 g/mol. The number of rotatable bonds is 8. The minimum atomic E-state index is -3.19. The van der Waals surface area contributed by atoms with Crippen LogP contribution in [0.15, 0.2) is 24.3 Å². The third-order valence-corrected chi connectivity index (χ3v) is 5.92. The van der Waals surface area contributed by atoms with Gasteiger partial charge in [-0.1, -0.05) is 29.8 Å². The lowest BCUT2D eigenvalue weighted by Gasteiger charge is -2.29. The second-order valence-electron chi connectivity index (χ2n) is 6.68. The van der Waals surface area contributed by atoms with Gasteiger partial charge in [0.15, 0.2) is 0 Å². The molecule has 0 aromatic heterocycles. The summed E-state index contributed by atoms with van der Waals surface area (Å²) in [5, 5.41) is 11.9. The maximum absolute atomic E-state index is 12.4. The number of aliphatic hydroxyl groups excluding tert-OH is 1. The monoisotopic (exact) mass is 384 g/mol. The summed E-state index contributed by atoms with van der Waals surface area (Å²) in [5.41, 5.74) is 2.08. The summed E-state index contributed by atoms with van der Waals surface area (Å²) in [7, 11) is -3.19. The molecule has 1 fully saturated rings. The number of aryl methyl sites for hydroxylation is 1. The van der Waals surface area contributed by atoms with Gasteiger partial charge in [0.25, 0.3) is 0 Å². The van der Waals surface area contributed by atoms with Gasteiger partial charge in [-0.25, -0.2) is 12.7 Å². The Balaban J connectivity index is 1.89. The third kappa shape index (κ3) is 6.05. The molecule has 1 amide bonds. The van der Waals surface area contributed by atoms with Gasteiger partial charge in [0.05, 0.1) is 25.6 Å². The molecule has 2 rings (SSSR count). The number of carbonyl (C=O) groups excluding carboxylic acids is 1. The van der Waals surface area contributed by atoms with Gasteiger partial charge in [-0.05, 0) is 25.3 Å². The summed E-state index contributed by atoms with van der Waals surface area (Å²) in [4.78, 5) is 12.4. The van der Waals surface area contributed by atoms with Crippen LogP contribution in [0.4, 0.5) is 0 Å². The fourth-order valence-corrected chi connectivity index (χ4v) is 3.91. The van der Waals surface area contributed by atoms with E-state index in [2.05, 4.69) is 5.32 Å². The number of piperidine rings is 1. The molecule has 2 N–H and O–H groups in total. The summed E-state index contributed by atoms with van der Waals surface area (Å²) >= 11 is 0. The Morgan fingerprint density at radius 1 is 1.31 bits per heavy atom. The van der Waals surface area contributed by atoms with Gasteiger partial charge in [-0.15, -0.1) is 0 Å². The molecule has 1 saturated heterocycles. The van der Waals surface area contributed by atoms with Crippen molar-refractivity contribution in [2.24, 2.45) is 5.92 Å². The van der Waals surface area contributed by atoms with Gasteiger partial charge >= 0.3 is 0 Å². The number of sulfonamides is 1. The van der Waals surface area contributed by atoms with Crippen molar-refractivity contribution in [3.8, 4) is 0 Å². The first-order chi connectivity index (χ1) is 12.3. The van der Waals surface area contributed by atoms with Gasteiger partial charge in [0.1, 0.15) is 0 Å². The summed E-state index contributed by atoms with van der Waals surface area (Å²) in [6, 6.07) is 7.86. The van der Waals surface area contributed by atoms with Crippen LogP contribution in [0.3, 0.4) is 0 Å². The van der Waals surface area contributed by atoms with Gasteiger partial charge in [-0.2, -0.15) is 0 Å². The molecule has 146 valence electrons. The van der Waals surface area contributed by atoms with Crippen LogP contribution in [-0.2, 0) is 19.6 Å². The first kappa shape index (κ1) is 20.8. The number of hydrogen-bond donors (Lipinski definition) is 2. The molecule has 0 spiro atoms. The number of nitrogens with zero attached hydrogens (tertiary/aromatic N) is 1. The summed E-state index contributed by atoms with van der Waals surface area (Å²) < 4.78 is 30.2. The van der Waals surface area contributed by atoms with Crippen LogP contribution >= 0.6 is 0 Å². The van der Waals surface area contributed by atoms with Crippen molar-refractivity contribution >= 4 is 15.9 Å². The quantitative estimate of drug-likeness (QED) is 0.692. The van der Waals surface area contributed by atoms with E-state index < -0.39 is 10.0 Å². The second kappa shape index (κ2) is 9.45. The smallest absolute Gasteiger partial charge is 0.223 e. The summed E-state index contributed by atoms with van der Waals surface area (Å²) in [6.07, 6.45) is 1.90. The van der Waals surface area contributed by atoms with Crippen LogP contribution in [0.5, 0.6) is 0 Å². The van der Waals surface area contributed by atoms with Crippen molar-refractivity contribution in [3.05, 3.63) is 35.4 Å². The van der Waals surface area contributed by atoms with Crippen LogP contribution in [0, 0.1) is 12.8 Å². The lowest BCUT2D eigenvalue weighted by atomic mass is 9.97. The molecule has 1 heterocycles. The van der Waals surface area contributed by atoms with Crippen molar-refractivity contribution in [2.75, 3.05) is 39.1 Å². The molecule has 26 heavy (non-hydrogen) atoms. The van der Waals surface area contributed by atoms with Gasteiger partial charge in [0, 0.05) is 25.6 Å². The molecule has 8 heteroatoms. The molecule has 1 aromatic carbocycles. The third-order valence-electron chi connectivity index (χ3n) is 4.61. The number of carbonyl (C=O) groups is 1. The Labute approximate surface area is 155 Å². The first-order valence-corrected chi connectivity index (χ1v) is 10.7. The van der Waals surface area contributed by atoms with Crippen LogP contribution in [-0.4, -0.2) is 62.8 Å². The molecule has 1 aliphatic heterocycles. The highest BCUT2D eigenvalue weighted by molar-refractivity contribution is 7.88. The van der Waals surface area contributed by atoms with E-state index in [9.17, 15) is 13.2 Å². The Bertz CT molecular complexity index is 682. The van der Waals surface area contributed by atoms with Crippen LogP contribution in [0.25, 0.3) is 0 Å².